The van der Waals surface area contributed by atoms with E-state index in [0.29, 0.717) is 23.3 Å². The number of ketones is 1. The van der Waals surface area contributed by atoms with Gasteiger partial charge in [-0.05, 0) is 35.4 Å². The van der Waals surface area contributed by atoms with E-state index in [-0.39, 0.29) is 11.5 Å². The SMILES string of the molecule is COc1ccc(C(=O)c2ccccc2)c(Cc2ccccc2O)c1. The molecule has 3 rings (SSSR count). The number of hydrogen-bond acceptors (Lipinski definition) is 3. The lowest BCUT2D eigenvalue weighted by Gasteiger charge is -2.12. The first-order chi connectivity index (χ1) is 11.7. The maximum atomic E-state index is 12.8. The van der Waals surface area contributed by atoms with E-state index in [2.05, 4.69) is 0 Å². The summed E-state index contributed by atoms with van der Waals surface area (Å²) in [5.74, 6) is 0.868. The Labute approximate surface area is 141 Å². The number of rotatable bonds is 5. The molecular weight excluding hydrogens is 300 g/mol. The van der Waals surface area contributed by atoms with Gasteiger partial charge in [0.25, 0.3) is 0 Å². The van der Waals surface area contributed by atoms with Crippen LogP contribution < -0.4 is 4.74 Å². The highest BCUT2D eigenvalue weighted by Crippen LogP contribution is 2.26. The predicted octanol–water partition coefficient (Wildman–Crippen LogP) is 4.22. The number of para-hydroxylation sites is 1. The summed E-state index contributed by atoms with van der Waals surface area (Å²) in [4.78, 5) is 12.8. The normalized spacial score (nSPS) is 10.4. The van der Waals surface area contributed by atoms with E-state index >= 15 is 0 Å². The zero-order valence-electron chi connectivity index (χ0n) is 13.4. The molecule has 0 amide bonds. The molecule has 0 radical (unpaired) electrons. The van der Waals surface area contributed by atoms with Crippen molar-refractivity contribution in [2.75, 3.05) is 7.11 Å². The highest BCUT2D eigenvalue weighted by Gasteiger charge is 2.15. The van der Waals surface area contributed by atoms with Crippen molar-refractivity contribution in [1.82, 2.24) is 0 Å². The fourth-order valence-electron chi connectivity index (χ4n) is 2.68. The minimum atomic E-state index is -0.0383. The van der Waals surface area contributed by atoms with Gasteiger partial charge < -0.3 is 9.84 Å². The van der Waals surface area contributed by atoms with Crippen LogP contribution in [0.2, 0.25) is 0 Å². The first kappa shape index (κ1) is 15.8. The van der Waals surface area contributed by atoms with Gasteiger partial charge in [0.15, 0.2) is 5.78 Å². The number of phenols is 1. The van der Waals surface area contributed by atoms with E-state index < -0.39 is 0 Å². The van der Waals surface area contributed by atoms with Crippen molar-refractivity contribution in [3.63, 3.8) is 0 Å². The molecule has 0 atom stereocenters. The van der Waals surface area contributed by atoms with Crippen molar-refractivity contribution in [1.29, 1.82) is 0 Å². The number of ether oxygens (including phenoxy) is 1. The van der Waals surface area contributed by atoms with Crippen LogP contribution in [-0.4, -0.2) is 18.0 Å². The molecule has 0 fully saturated rings. The lowest BCUT2D eigenvalue weighted by Crippen LogP contribution is -2.06. The van der Waals surface area contributed by atoms with Crippen LogP contribution >= 0.6 is 0 Å². The van der Waals surface area contributed by atoms with Gasteiger partial charge in [0.1, 0.15) is 11.5 Å². The van der Waals surface area contributed by atoms with E-state index in [1.807, 2.05) is 36.4 Å². The summed E-state index contributed by atoms with van der Waals surface area (Å²) in [5.41, 5.74) is 2.85. The summed E-state index contributed by atoms with van der Waals surface area (Å²) >= 11 is 0. The number of hydrogen-bond donors (Lipinski definition) is 1. The number of aromatic hydroxyl groups is 1. The second-order valence-electron chi connectivity index (χ2n) is 5.52. The third kappa shape index (κ3) is 3.30. The van der Waals surface area contributed by atoms with Crippen molar-refractivity contribution >= 4 is 5.78 Å². The van der Waals surface area contributed by atoms with Gasteiger partial charge in [-0.3, -0.25) is 4.79 Å². The van der Waals surface area contributed by atoms with Crippen LogP contribution in [-0.2, 0) is 6.42 Å². The van der Waals surface area contributed by atoms with Gasteiger partial charge in [0.05, 0.1) is 7.11 Å². The molecule has 0 aliphatic rings. The third-order valence-corrected chi connectivity index (χ3v) is 3.97. The molecule has 0 saturated carbocycles. The molecular formula is C21H18O3. The average molecular weight is 318 g/mol. The van der Waals surface area contributed by atoms with Gasteiger partial charge >= 0.3 is 0 Å². The van der Waals surface area contributed by atoms with Crippen LogP contribution in [0.4, 0.5) is 0 Å². The molecule has 0 aliphatic carbocycles. The molecule has 0 aromatic heterocycles. The predicted molar refractivity (Wildman–Crippen MR) is 93.8 cm³/mol. The summed E-state index contributed by atoms with van der Waals surface area (Å²) in [6, 6.07) is 21.7. The summed E-state index contributed by atoms with van der Waals surface area (Å²) in [6.07, 6.45) is 0.456. The van der Waals surface area contributed by atoms with Crippen LogP contribution in [0.25, 0.3) is 0 Å². The van der Waals surface area contributed by atoms with Crippen molar-refractivity contribution in [2.45, 2.75) is 6.42 Å². The Morgan fingerprint density at radius 2 is 1.62 bits per heavy atom. The Balaban J connectivity index is 2.03. The van der Waals surface area contributed by atoms with Crippen LogP contribution in [0, 0.1) is 0 Å². The molecule has 3 heteroatoms. The van der Waals surface area contributed by atoms with E-state index in [0.717, 1.165) is 11.1 Å². The molecule has 120 valence electrons. The van der Waals surface area contributed by atoms with Crippen molar-refractivity contribution < 1.29 is 14.6 Å². The lowest BCUT2D eigenvalue weighted by molar-refractivity contribution is 0.103. The van der Waals surface area contributed by atoms with E-state index in [4.69, 9.17) is 4.74 Å². The summed E-state index contributed by atoms with van der Waals surface area (Å²) < 4.78 is 5.29. The zero-order valence-corrected chi connectivity index (χ0v) is 13.4. The summed E-state index contributed by atoms with van der Waals surface area (Å²) in [6.45, 7) is 0. The van der Waals surface area contributed by atoms with Crippen molar-refractivity contribution in [3.05, 3.63) is 95.1 Å². The fourth-order valence-corrected chi connectivity index (χ4v) is 2.68. The van der Waals surface area contributed by atoms with Crippen LogP contribution in [0.5, 0.6) is 11.5 Å². The van der Waals surface area contributed by atoms with Crippen LogP contribution in [0.15, 0.2) is 72.8 Å². The summed E-state index contributed by atoms with van der Waals surface area (Å²) in [7, 11) is 1.60. The maximum absolute atomic E-state index is 12.8. The molecule has 3 aromatic rings. The molecule has 0 heterocycles. The molecule has 3 nitrogen and oxygen atoms in total. The molecule has 0 spiro atoms. The minimum absolute atomic E-state index is 0.0383. The van der Waals surface area contributed by atoms with E-state index in [1.54, 1.807) is 43.5 Å². The van der Waals surface area contributed by atoms with E-state index in [9.17, 15) is 9.90 Å². The van der Waals surface area contributed by atoms with Crippen LogP contribution in [0.3, 0.4) is 0 Å². The molecule has 1 N–H and O–H groups in total. The van der Waals surface area contributed by atoms with E-state index in [1.165, 1.54) is 0 Å². The number of carbonyl (C=O) groups excluding carboxylic acids is 1. The third-order valence-electron chi connectivity index (χ3n) is 3.97. The minimum Gasteiger partial charge on any atom is -0.508 e. The number of methoxy groups -OCH3 is 1. The topological polar surface area (TPSA) is 46.5 Å². The van der Waals surface area contributed by atoms with Crippen molar-refractivity contribution in [2.24, 2.45) is 0 Å². The standard InChI is InChI=1S/C21H18O3/c1-24-18-11-12-19(21(23)15-7-3-2-4-8-15)17(14-18)13-16-9-5-6-10-20(16)22/h2-12,14,22H,13H2,1H3. The largest absolute Gasteiger partial charge is 0.508 e. The number of phenolic OH excluding ortho intramolecular Hbond substituents is 1. The second kappa shape index (κ2) is 7.01. The molecule has 0 bridgehead atoms. The molecule has 0 saturated heterocycles. The van der Waals surface area contributed by atoms with Gasteiger partial charge in [-0.2, -0.15) is 0 Å². The lowest BCUT2D eigenvalue weighted by atomic mass is 9.93. The van der Waals surface area contributed by atoms with Crippen molar-refractivity contribution in [3.8, 4) is 11.5 Å². The highest BCUT2D eigenvalue weighted by atomic mass is 16.5. The summed E-state index contributed by atoms with van der Waals surface area (Å²) in [5, 5.41) is 10.0. The molecule has 0 unspecified atom stereocenters. The Bertz CT molecular complexity index is 854. The van der Waals surface area contributed by atoms with Gasteiger partial charge in [-0.1, -0.05) is 48.5 Å². The Hall–Kier alpha value is -3.07. The first-order valence-corrected chi connectivity index (χ1v) is 7.72. The van der Waals surface area contributed by atoms with Gasteiger partial charge in [-0.15, -0.1) is 0 Å². The van der Waals surface area contributed by atoms with Crippen LogP contribution in [0.1, 0.15) is 27.0 Å². The number of carbonyl (C=O) groups is 1. The molecule has 3 aromatic carbocycles. The average Bonchev–Trinajstić information content (AvgIpc) is 2.63. The Morgan fingerprint density at radius 3 is 2.33 bits per heavy atom. The highest BCUT2D eigenvalue weighted by molar-refractivity contribution is 6.10. The van der Waals surface area contributed by atoms with Gasteiger partial charge in [0, 0.05) is 17.5 Å². The monoisotopic (exact) mass is 318 g/mol. The Morgan fingerprint density at radius 1 is 0.917 bits per heavy atom. The quantitative estimate of drug-likeness (QED) is 0.716. The second-order valence-corrected chi connectivity index (χ2v) is 5.52. The molecule has 0 aliphatic heterocycles. The smallest absolute Gasteiger partial charge is 0.193 e. The fraction of sp³-hybridized carbons (Fsp3) is 0.0952. The zero-order chi connectivity index (χ0) is 16.9. The first-order valence-electron chi connectivity index (χ1n) is 7.72. The van der Waals surface area contributed by atoms with Gasteiger partial charge in [0.2, 0.25) is 0 Å². The maximum Gasteiger partial charge on any atom is 0.193 e. The Kier molecular flexibility index (Phi) is 4.62. The molecule has 24 heavy (non-hydrogen) atoms. The number of benzene rings is 3. The van der Waals surface area contributed by atoms with Gasteiger partial charge in [-0.25, -0.2) is 0 Å².